The Morgan fingerprint density at radius 3 is 2.64 bits per heavy atom. The third-order valence-electron chi connectivity index (χ3n) is 4.90. The van der Waals surface area contributed by atoms with Gasteiger partial charge in [0.2, 0.25) is 5.91 Å². The Balaban J connectivity index is 1.45. The molecular formula is C21H23ClFN3O2. The summed E-state index contributed by atoms with van der Waals surface area (Å²) >= 11 is 6.02. The molecule has 0 aliphatic carbocycles. The van der Waals surface area contributed by atoms with Gasteiger partial charge in [-0.1, -0.05) is 23.7 Å². The number of rotatable bonds is 6. The highest BCUT2D eigenvalue weighted by Crippen LogP contribution is 2.23. The second-order valence-corrected chi connectivity index (χ2v) is 7.40. The van der Waals surface area contributed by atoms with Gasteiger partial charge in [-0.05, 0) is 55.7 Å². The highest BCUT2D eigenvalue weighted by Gasteiger charge is 2.24. The van der Waals surface area contributed by atoms with E-state index in [1.807, 2.05) is 0 Å². The van der Waals surface area contributed by atoms with Crippen molar-refractivity contribution in [3.05, 3.63) is 64.9 Å². The zero-order valence-electron chi connectivity index (χ0n) is 15.6. The smallest absolute Gasteiger partial charge is 0.253 e. The van der Waals surface area contributed by atoms with Gasteiger partial charge in [0.1, 0.15) is 11.9 Å². The van der Waals surface area contributed by atoms with Gasteiger partial charge in [-0.3, -0.25) is 9.59 Å². The summed E-state index contributed by atoms with van der Waals surface area (Å²) in [6.45, 7) is 3.84. The zero-order valence-corrected chi connectivity index (χ0v) is 16.4. The Kier molecular flexibility index (Phi) is 6.52. The number of benzene rings is 2. The fourth-order valence-corrected chi connectivity index (χ4v) is 3.49. The maximum atomic E-state index is 13.1. The number of nitrogens with zero attached hydrogens (tertiary/aromatic N) is 1. The largest absolute Gasteiger partial charge is 0.371 e. The summed E-state index contributed by atoms with van der Waals surface area (Å²) in [5.41, 5.74) is 1.32. The van der Waals surface area contributed by atoms with E-state index in [9.17, 15) is 14.0 Å². The van der Waals surface area contributed by atoms with Crippen LogP contribution in [0.3, 0.4) is 0 Å². The predicted octanol–water partition coefficient (Wildman–Crippen LogP) is 3.24. The SMILES string of the molecule is C[C@H](NC(=O)c1ccccc1Cl)C(=O)NC[C@H]1CCN(c2ccc(F)cc2)C1. The lowest BCUT2D eigenvalue weighted by atomic mass is 10.1. The molecule has 3 rings (SSSR count). The fourth-order valence-electron chi connectivity index (χ4n) is 3.27. The molecule has 28 heavy (non-hydrogen) atoms. The van der Waals surface area contributed by atoms with E-state index >= 15 is 0 Å². The molecular weight excluding hydrogens is 381 g/mol. The molecule has 1 aliphatic rings. The molecule has 2 aromatic carbocycles. The van der Waals surface area contributed by atoms with E-state index in [0.29, 0.717) is 23.0 Å². The van der Waals surface area contributed by atoms with Crippen LogP contribution in [0.25, 0.3) is 0 Å². The van der Waals surface area contributed by atoms with Crippen molar-refractivity contribution in [1.82, 2.24) is 10.6 Å². The van der Waals surface area contributed by atoms with Crippen LogP contribution in [-0.4, -0.2) is 37.5 Å². The molecule has 1 aliphatic heterocycles. The van der Waals surface area contributed by atoms with Crippen molar-refractivity contribution < 1.29 is 14.0 Å². The summed E-state index contributed by atoms with van der Waals surface area (Å²) in [6, 6.07) is 12.5. The highest BCUT2D eigenvalue weighted by atomic mass is 35.5. The van der Waals surface area contributed by atoms with Crippen LogP contribution in [-0.2, 0) is 4.79 Å². The maximum absolute atomic E-state index is 13.1. The molecule has 2 atom stereocenters. The Labute approximate surface area is 168 Å². The minimum absolute atomic E-state index is 0.236. The number of anilines is 1. The van der Waals surface area contributed by atoms with E-state index in [0.717, 1.165) is 25.2 Å². The van der Waals surface area contributed by atoms with Gasteiger partial charge >= 0.3 is 0 Å². The molecule has 7 heteroatoms. The molecule has 2 amide bonds. The summed E-state index contributed by atoms with van der Waals surface area (Å²) in [4.78, 5) is 26.8. The number of hydrogen-bond donors (Lipinski definition) is 2. The number of carbonyl (C=O) groups is 2. The Hall–Kier alpha value is -2.60. The van der Waals surface area contributed by atoms with Crippen molar-refractivity contribution in [3.63, 3.8) is 0 Å². The number of hydrogen-bond acceptors (Lipinski definition) is 3. The lowest BCUT2D eigenvalue weighted by Crippen LogP contribution is -2.46. The van der Waals surface area contributed by atoms with E-state index in [1.165, 1.54) is 12.1 Å². The third kappa shape index (κ3) is 5.01. The summed E-state index contributed by atoms with van der Waals surface area (Å²) in [5.74, 6) is -0.558. The topological polar surface area (TPSA) is 61.4 Å². The van der Waals surface area contributed by atoms with Gasteiger partial charge in [-0.2, -0.15) is 0 Å². The van der Waals surface area contributed by atoms with Gasteiger partial charge in [-0.25, -0.2) is 4.39 Å². The first-order valence-corrected chi connectivity index (χ1v) is 9.65. The minimum atomic E-state index is -0.668. The Bertz CT molecular complexity index is 844. The normalized spacial score (nSPS) is 17.2. The van der Waals surface area contributed by atoms with Crippen LogP contribution in [0.4, 0.5) is 10.1 Å². The molecule has 0 bridgehead atoms. The zero-order chi connectivity index (χ0) is 20.1. The van der Waals surface area contributed by atoms with E-state index in [2.05, 4.69) is 15.5 Å². The number of amides is 2. The predicted molar refractivity (Wildman–Crippen MR) is 108 cm³/mol. The molecule has 2 N–H and O–H groups in total. The molecule has 0 radical (unpaired) electrons. The Morgan fingerprint density at radius 1 is 1.21 bits per heavy atom. The first-order chi connectivity index (χ1) is 13.4. The molecule has 0 aromatic heterocycles. The van der Waals surface area contributed by atoms with Crippen LogP contribution in [0.5, 0.6) is 0 Å². The van der Waals surface area contributed by atoms with E-state index in [1.54, 1.807) is 43.3 Å². The quantitative estimate of drug-likeness (QED) is 0.778. The van der Waals surface area contributed by atoms with Gasteiger partial charge in [0.05, 0.1) is 10.6 Å². The highest BCUT2D eigenvalue weighted by molar-refractivity contribution is 6.33. The summed E-state index contributed by atoms with van der Waals surface area (Å²) < 4.78 is 13.1. The van der Waals surface area contributed by atoms with Crippen molar-refractivity contribution >= 4 is 29.1 Å². The maximum Gasteiger partial charge on any atom is 0.253 e. The molecule has 2 aromatic rings. The minimum Gasteiger partial charge on any atom is -0.371 e. The van der Waals surface area contributed by atoms with Gasteiger partial charge in [0.15, 0.2) is 0 Å². The average molecular weight is 404 g/mol. The van der Waals surface area contributed by atoms with Crippen LogP contribution in [0, 0.1) is 11.7 Å². The van der Waals surface area contributed by atoms with Gasteiger partial charge in [0.25, 0.3) is 5.91 Å². The van der Waals surface area contributed by atoms with Crippen LogP contribution in [0.15, 0.2) is 48.5 Å². The van der Waals surface area contributed by atoms with Gasteiger partial charge in [0, 0.05) is 25.3 Å². The number of halogens is 2. The summed E-state index contributed by atoms with van der Waals surface area (Å²) in [6.07, 6.45) is 0.942. The number of carbonyl (C=O) groups excluding carboxylic acids is 2. The van der Waals surface area contributed by atoms with Gasteiger partial charge < -0.3 is 15.5 Å². The van der Waals surface area contributed by atoms with Crippen molar-refractivity contribution in [1.29, 1.82) is 0 Å². The van der Waals surface area contributed by atoms with Crippen molar-refractivity contribution in [2.24, 2.45) is 5.92 Å². The molecule has 0 spiro atoms. The summed E-state index contributed by atoms with van der Waals surface area (Å²) in [7, 11) is 0. The lowest BCUT2D eigenvalue weighted by Gasteiger charge is -2.19. The van der Waals surface area contributed by atoms with Crippen molar-refractivity contribution in [3.8, 4) is 0 Å². The fraction of sp³-hybridized carbons (Fsp3) is 0.333. The first kappa shape index (κ1) is 20.1. The van der Waals surface area contributed by atoms with E-state index in [4.69, 9.17) is 11.6 Å². The van der Waals surface area contributed by atoms with Crippen LogP contribution < -0.4 is 15.5 Å². The van der Waals surface area contributed by atoms with Crippen LogP contribution in [0.1, 0.15) is 23.7 Å². The molecule has 1 fully saturated rings. The van der Waals surface area contributed by atoms with Crippen molar-refractivity contribution in [2.75, 3.05) is 24.5 Å². The molecule has 0 unspecified atom stereocenters. The van der Waals surface area contributed by atoms with E-state index in [-0.39, 0.29) is 17.6 Å². The molecule has 5 nitrogen and oxygen atoms in total. The molecule has 0 saturated carbocycles. The first-order valence-electron chi connectivity index (χ1n) is 9.27. The molecule has 148 valence electrons. The standard InChI is InChI=1S/C21H23ClFN3O2/c1-14(25-21(28)18-4-2-3-5-19(18)22)20(27)24-12-15-10-11-26(13-15)17-8-6-16(23)7-9-17/h2-9,14-15H,10-13H2,1H3,(H,24,27)(H,25,28)/t14-,15+/m0/s1. The lowest BCUT2D eigenvalue weighted by molar-refractivity contribution is -0.122. The van der Waals surface area contributed by atoms with E-state index < -0.39 is 6.04 Å². The number of nitrogens with one attached hydrogen (secondary N) is 2. The van der Waals surface area contributed by atoms with Crippen LogP contribution >= 0.6 is 11.6 Å². The monoisotopic (exact) mass is 403 g/mol. The second kappa shape index (κ2) is 9.06. The molecule has 1 saturated heterocycles. The van der Waals surface area contributed by atoms with Gasteiger partial charge in [-0.15, -0.1) is 0 Å². The molecule has 1 heterocycles. The Morgan fingerprint density at radius 2 is 1.93 bits per heavy atom. The summed E-state index contributed by atoms with van der Waals surface area (Å²) in [5, 5.41) is 5.92. The van der Waals surface area contributed by atoms with Crippen molar-refractivity contribution in [2.45, 2.75) is 19.4 Å². The van der Waals surface area contributed by atoms with Crippen LogP contribution in [0.2, 0.25) is 5.02 Å². The second-order valence-electron chi connectivity index (χ2n) is 7.00. The average Bonchev–Trinajstić information content (AvgIpc) is 3.16. The third-order valence-corrected chi connectivity index (χ3v) is 5.23.